The van der Waals surface area contributed by atoms with Gasteiger partial charge in [0.05, 0.1) is 0 Å². The molecule has 0 amide bonds. The molecule has 0 unspecified atom stereocenters. The summed E-state index contributed by atoms with van der Waals surface area (Å²) in [7, 11) is 0. The van der Waals surface area contributed by atoms with E-state index in [4.69, 9.17) is 0 Å². The smallest absolute Gasteiger partial charge is 0.203 e. The molecular weight excluding hydrogens is 186 g/mol. The fourth-order valence-electron chi connectivity index (χ4n) is 2.44. The van der Waals surface area contributed by atoms with Gasteiger partial charge in [0.2, 0.25) is 5.95 Å². The van der Waals surface area contributed by atoms with E-state index in [2.05, 4.69) is 28.0 Å². The zero-order valence-electron chi connectivity index (χ0n) is 9.58. The molecule has 0 spiro atoms. The summed E-state index contributed by atoms with van der Waals surface area (Å²) in [6.45, 7) is 3.07. The Hall–Kier alpha value is -0.990. The number of nitrogens with zero attached hydrogens (tertiary/aromatic N) is 2. The van der Waals surface area contributed by atoms with Crippen LogP contribution < -0.4 is 5.32 Å². The summed E-state index contributed by atoms with van der Waals surface area (Å²) in [6, 6.07) is 0.670. The Kier molecular flexibility index (Phi) is 3.64. The first-order valence-corrected chi connectivity index (χ1v) is 6.18. The number of hydrogen-bond acceptors (Lipinski definition) is 2. The predicted octanol–water partition coefficient (Wildman–Crippen LogP) is 3.21. The summed E-state index contributed by atoms with van der Waals surface area (Å²) in [4.78, 5) is 4.36. The van der Waals surface area contributed by atoms with Crippen LogP contribution in [0.5, 0.6) is 0 Å². The van der Waals surface area contributed by atoms with Crippen LogP contribution in [-0.2, 0) is 0 Å². The lowest BCUT2D eigenvalue weighted by atomic mass is 10.1. The molecule has 0 aromatic carbocycles. The highest BCUT2D eigenvalue weighted by Crippen LogP contribution is 2.29. The molecule has 1 fully saturated rings. The van der Waals surface area contributed by atoms with Crippen LogP contribution in [0.4, 0.5) is 5.95 Å². The minimum Gasteiger partial charge on any atom is -0.356 e. The van der Waals surface area contributed by atoms with Gasteiger partial charge < -0.3 is 9.88 Å². The molecule has 0 aliphatic heterocycles. The summed E-state index contributed by atoms with van der Waals surface area (Å²) in [5.41, 5.74) is 0. The Morgan fingerprint density at radius 2 is 2.07 bits per heavy atom. The molecule has 1 aliphatic rings. The molecule has 84 valence electrons. The van der Waals surface area contributed by atoms with Crippen LogP contribution >= 0.6 is 0 Å². The van der Waals surface area contributed by atoms with E-state index in [9.17, 15) is 0 Å². The molecule has 3 nitrogen and oxygen atoms in total. The minimum atomic E-state index is 0.670. The number of nitrogens with one attached hydrogen (secondary N) is 1. The first kappa shape index (κ1) is 10.5. The Labute approximate surface area is 91.9 Å². The lowest BCUT2D eigenvalue weighted by Crippen LogP contribution is -2.12. The van der Waals surface area contributed by atoms with Crippen molar-refractivity contribution < 1.29 is 0 Å². The predicted molar refractivity (Wildman–Crippen MR) is 63.1 cm³/mol. The Morgan fingerprint density at radius 1 is 1.33 bits per heavy atom. The largest absolute Gasteiger partial charge is 0.356 e. The first-order valence-electron chi connectivity index (χ1n) is 6.18. The molecular formula is C12H21N3. The number of rotatable bonds is 3. The molecule has 2 rings (SSSR count). The monoisotopic (exact) mass is 207 g/mol. The van der Waals surface area contributed by atoms with Gasteiger partial charge in [-0.05, 0) is 19.8 Å². The van der Waals surface area contributed by atoms with Gasteiger partial charge in [-0.15, -0.1) is 0 Å². The molecule has 3 heteroatoms. The second-order valence-corrected chi connectivity index (χ2v) is 4.33. The SMILES string of the molecule is CCNc1nccn1C1CCCCCC1. The molecule has 1 aromatic rings. The lowest BCUT2D eigenvalue weighted by molar-refractivity contribution is 0.447. The van der Waals surface area contributed by atoms with Crippen molar-refractivity contribution in [3.8, 4) is 0 Å². The number of hydrogen-bond donors (Lipinski definition) is 1. The second-order valence-electron chi connectivity index (χ2n) is 4.33. The summed E-state index contributed by atoms with van der Waals surface area (Å²) in [6.07, 6.45) is 12.2. The van der Waals surface area contributed by atoms with E-state index in [1.807, 2.05) is 6.20 Å². The van der Waals surface area contributed by atoms with E-state index >= 15 is 0 Å². The fourth-order valence-corrected chi connectivity index (χ4v) is 2.44. The van der Waals surface area contributed by atoms with E-state index in [0.29, 0.717) is 6.04 Å². The molecule has 0 saturated heterocycles. The number of anilines is 1. The zero-order valence-corrected chi connectivity index (χ0v) is 9.58. The highest BCUT2D eigenvalue weighted by atomic mass is 15.2. The van der Waals surface area contributed by atoms with Gasteiger partial charge in [-0.3, -0.25) is 0 Å². The van der Waals surface area contributed by atoms with Crippen LogP contribution in [0.3, 0.4) is 0 Å². The highest BCUT2D eigenvalue weighted by molar-refractivity contribution is 5.26. The van der Waals surface area contributed by atoms with E-state index < -0.39 is 0 Å². The molecule has 0 radical (unpaired) electrons. The quantitative estimate of drug-likeness (QED) is 0.771. The molecule has 1 heterocycles. The maximum Gasteiger partial charge on any atom is 0.203 e. The van der Waals surface area contributed by atoms with Crippen molar-refractivity contribution in [1.29, 1.82) is 0 Å². The van der Waals surface area contributed by atoms with Gasteiger partial charge in [0.15, 0.2) is 0 Å². The standard InChI is InChI=1S/C12H21N3/c1-2-13-12-14-9-10-15(12)11-7-5-3-4-6-8-11/h9-11H,2-8H2,1H3,(H,13,14). The van der Waals surface area contributed by atoms with Gasteiger partial charge in [-0.1, -0.05) is 25.7 Å². The first-order chi connectivity index (χ1) is 7.42. The van der Waals surface area contributed by atoms with Crippen LogP contribution in [-0.4, -0.2) is 16.1 Å². The van der Waals surface area contributed by atoms with E-state index in [-0.39, 0.29) is 0 Å². The average Bonchev–Trinajstić information content (AvgIpc) is 2.53. The molecule has 1 N–H and O–H groups in total. The Bertz CT molecular complexity index is 285. The van der Waals surface area contributed by atoms with Crippen molar-refractivity contribution in [2.45, 2.75) is 51.5 Å². The molecule has 1 saturated carbocycles. The topological polar surface area (TPSA) is 29.9 Å². The van der Waals surface area contributed by atoms with Gasteiger partial charge in [0.25, 0.3) is 0 Å². The summed E-state index contributed by atoms with van der Waals surface area (Å²) in [5.74, 6) is 1.05. The maximum absolute atomic E-state index is 4.36. The summed E-state index contributed by atoms with van der Waals surface area (Å²) < 4.78 is 2.33. The van der Waals surface area contributed by atoms with Gasteiger partial charge in [-0.2, -0.15) is 0 Å². The van der Waals surface area contributed by atoms with E-state index in [0.717, 1.165) is 12.5 Å². The van der Waals surface area contributed by atoms with Crippen LogP contribution in [0.1, 0.15) is 51.5 Å². The zero-order chi connectivity index (χ0) is 10.5. The van der Waals surface area contributed by atoms with Gasteiger partial charge in [-0.25, -0.2) is 4.98 Å². The molecule has 1 aliphatic carbocycles. The minimum absolute atomic E-state index is 0.670. The van der Waals surface area contributed by atoms with Crippen LogP contribution in [0, 0.1) is 0 Å². The third-order valence-corrected chi connectivity index (χ3v) is 3.22. The van der Waals surface area contributed by atoms with Crippen molar-refractivity contribution in [2.24, 2.45) is 0 Å². The summed E-state index contributed by atoms with van der Waals surface area (Å²) in [5, 5.41) is 3.33. The molecule has 1 aromatic heterocycles. The Morgan fingerprint density at radius 3 is 2.73 bits per heavy atom. The highest BCUT2D eigenvalue weighted by Gasteiger charge is 2.16. The fraction of sp³-hybridized carbons (Fsp3) is 0.750. The van der Waals surface area contributed by atoms with E-state index in [1.54, 1.807) is 0 Å². The molecule has 0 atom stereocenters. The van der Waals surface area contributed by atoms with Gasteiger partial charge in [0, 0.05) is 25.0 Å². The maximum atomic E-state index is 4.36. The van der Waals surface area contributed by atoms with E-state index in [1.165, 1.54) is 38.5 Å². The van der Waals surface area contributed by atoms with Crippen LogP contribution in [0.25, 0.3) is 0 Å². The van der Waals surface area contributed by atoms with Crippen molar-refractivity contribution in [3.05, 3.63) is 12.4 Å². The van der Waals surface area contributed by atoms with Crippen molar-refractivity contribution >= 4 is 5.95 Å². The summed E-state index contributed by atoms with van der Waals surface area (Å²) >= 11 is 0. The third-order valence-electron chi connectivity index (χ3n) is 3.22. The average molecular weight is 207 g/mol. The lowest BCUT2D eigenvalue weighted by Gasteiger charge is -2.18. The molecule has 15 heavy (non-hydrogen) atoms. The number of aromatic nitrogens is 2. The van der Waals surface area contributed by atoms with Gasteiger partial charge >= 0.3 is 0 Å². The van der Waals surface area contributed by atoms with Crippen molar-refractivity contribution in [2.75, 3.05) is 11.9 Å². The number of imidazole rings is 1. The third kappa shape index (κ3) is 2.52. The Balaban J connectivity index is 2.08. The van der Waals surface area contributed by atoms with Crippen molar-refractivity contribution in [3.63, 3.8) is 0 Å². The van der Waals surface area contributed by atoms with Crippen molar-refractivity contribution in [1.82, 2.24) is 9.55 Å². The molecule has 0 bridgehead atoms. The van der Waals surface area contributed by atoms with Crippen LogP contribution in [0.2, 0.25) is 0 Å². The normalized spacial score (nSPS) is 18.7. The van der Waals surface area contributed by atoms with Crippen LogP contribution in [0.15, 0.2) is 12.4 Å². The van der Waals surface area contributed by atoms with Gasteiger partial charge in [0.1, 0.15) is 0 Å². The second kappa shape index (κ2) is 5.19.